The number of rotatable bonds is 4. The van der Waals surface area contributed by atoms with Gasteiger partial charge in [-0.05, 0) is 17.7 Å². The van der Waals surface area contributed by atoms with Crippen molar-refractivity contribution in [2.75, 3.05) is 6.54 Å². The summed E-state index contributed by atoms with van der Waals surface area (Å²) in [7, 11) is 0. The summed E-state index contributed by atoms with van der Waals surface area (Å²) in [6, 6.07) is 5.04. The second-order valence-electron chi connectivity index (χ2n) is 2.77. The first-order valence-corrected chi connectivity index (χ1v) is 4.78. The minimum Gasteiger partial charge on any atom is -0.307 e. The lowest BCUT2D eigenvalue weighted by molar-refractivity contribution is 0.145. The summed E-state index contributed by atoms with van der Waals surface area (Å²) in [5.41, 5.74) is 0.833. The second kappa shape index (κ2) is 5.49. The molecule has 0 aliphatic rings. The van der Waals surface area contributed by atoms with E-state index in [1.165, 1.54) is 0 Å². The third-order valence-corrected chi connectivity index (χ3v) is 2.35. The first-order valence-electron chi connectivity index (χ1n) is 4.02. The fourth-order valence-electron chi connectivity index (χ4n) is 0.975. The van der Waals surface area contributed by atoms with Gasteiger partial charge in [0.1, 0.15) is 0 Å². The molecule has 0 saturated heterocycles. The summed E-state index contributed by atoms with van der Waals surface area (Å²) in [5, 5.41) is 3.49. The van der Waals surface area contributed by atoms with E-state index in [9.17, 15) is 8.78 Å². The lowest BCUT2D eigenvalue weighted by Gasteiger charge is -2.05. The van der Waals surface area contributed by atoms with Gasteiger partial charge in [-0.15, -0.1) is 0 Å². The fourth-order valence-corrected chi connectivity index (χ4v) is 1.30. The molecule has 1 aromatic carbocycles. The minimum atomic E-state index is -2.34. The van der Waals surface area contributed by atoms with Gasteiger partial charge in [0.15, 0.2) is 0 Å². The van der Waals surface area contributed by atoms with Crippen molar-refractivity contribution in [3.8, 4) is 0 Å². The van der Waals surface area contributed by atoms with Gasteiger partial charge in [0.05, 0.1) is 16.6 Å². The molecule has 0 aliphatic carbocycles. The van der Waals surface area contributed by atoms with Crippen molar-refractivity contribution < 1.29 is 8.78 Å². The molecule has 14 heavy (non-hydrogen) atoms. The van der Waals surface area contributed by atoms with Gasteiger partial charge in [0.25, 0.3) is 6.43 Å². The molecule has 0 spiro atoms. The third kappa shape index (κ3) is 3.78. The molecule has 0 amide bonds. The molecule has 0 aromatic heterocycles. The van der Waals surface area contributed by atoms with Gasteiger partial charge in [0.2, 0.25) is 0 Å². The highest BCUT2D eigenvalue weighted by atomic mass is 35.5. The van der Waals surface area contributed by atoms with Crippen LogP contribution in [0.5, 0.6) is 0 Å². The van der Waals surface area contributed by atoms with Crippen LogP contribution in [0, 0.1) is 0 Å². The highest BCUT2D eigenvalue weighted by molar-refractivity contribution is 6.41. The standard InChI is InChI=1S/C9H9Cl2F2N/c10-7-2-1-6(3-8(7)11)4-14-5-9(12)13/h1-3,9,14H,4-5H2. The molecule has 0 atom stereocenters. The summed E-state index contributed by atoms with van der Waals surface area (Å²) < 4.78 is 23.5. The van der Waals surface area contributed by atoms with Crippen molar-refractivity contribution in [1.82, 2.24) is 5.32 Å². The molecule has 0 radical (unpaired) electrons. The fraction of sp³-hybridized carbons (Fsp3) is 0.333. The Morgan fingerprint density at radius 3 is 2.50 bits per heavy atom. The molecule has 1 rings (SSSR count). The van der Waals surface area contributed by atoms with Crippen LogP contribution in [0.2, 0.25) is 10.0 Å². The number of benzene rings is 1. The SMILES string of the molecule is FC(F)CNCc1ccc(Cl)c(Cl)c1. The van der Waals surface area contributed by atoms with Gasteiger partial charge < -0.3 is 5.32 Å². The van der Waals surface area contributed by atoms with E-state index in [0.29, 0.717) is 16.6 Å². The Bertz CT molecular complexity index is 305. The van der Waals surface area contributed by atoms with E-state index < -0.39 is 6.43 Å². The van der Waals surface area contributed by atoms with Gasteiger partial charge in [-0.25, -0.2) is 8.78 Å². The molecule has 0 aliphatic heterocycles. The smallest absolute Gasteiger partial charge is 0.250 e. The van der Waals surface area contributed by atoms with Crippen LogP contribution in [0.1, 0.15) is 5.56 Å². The van der Waals surface area contributed by atoms with E-state index in [1.54, 1.807) is 18.2 Å². The summed E-state index contributed by atoms with van der Waals surface area (Å²) >= 11 is 11.4. The lowest BCUT2D eigenvalue weighted by Crippen LogP contribution is -2.20. The van der Waals surface area contributed by atoms with Gasteiger partial charge in [0, 0.05) is 6.54 Å². The number of nitrogens with one attached hydrogen (secondary N) is 1. The minimum absolute atomic E-state index is 0.319. The Labute approximate surface area is 91.0 Å². The van der Waals surface area contributed by atoms with Crippen molar-refractivity contribution in [3.05, 3.63) is 33.8 Å². The van der Waals surface area contributed by atoms with E-state index in [2.05, 4.69) is 5.32 Å². The highest BCUT2D eigenvalue weighted by Gasteiger charge is 2.02. The van der Waals surface area contributed by atoms with Crippen LogP contribution in [-0.2, 0) is 6.54 Å². The Hall–Kier alpha value is -0.380. The van der Waals surface area contributed by atoms with Crippen LogP contribution in [0.4, 0.5) is 8.78 Å². The highest BCUT2D eigenvalue weighted by Crippen LogP contribution is 2.22. The lowest BCUT2D eigenvalue weighted by atomic mass is 10.2. The molecule has 0 saturated carbocycles. The third-order valence-electron chi connectivity index (χ3n) is 1.61. The molecule has 5 heteroatoms. The van der Waals surface area contributed by atoms with Crippen molar-refractivity contribution in [1.29, 1.82) is 0 Å². The average Bonchev–Trinajstić information content (AvgIpc) is 2.10. The maximum atomic E-state index is 11.8. The van der Waals surface area contributed by atoms with Gasteiger partial charge >= 0.3 is 0 Å². The molecule has 78 valence electrons. The maximum absolute atomic E-state index is 11.8. The van der Waals surface area contributed by atoms with Crippen LogP contribution in [-0.4, -0.2) is 13.0 Å². The molecule has 0 heterocycles. The van der Waals surface area contributed by atoms with Gasteiger partial charge in [-0.2, -0.15) is 0 Å². The van der Waals surface area contributed by atoms with Crippen LogP contribution in [0.15, 0.2) is 18.2 Å². The largest absolute Gasteiger partial charge is 0.307 e. The predicted octanol–water partition coefficient (Wildman–Crippen LogP) is 3.35. The monoisotopic (exact) mass is 239 g/mol. The quantitative estimate of drug-likeness (QED) is 0.850. The Balaban J connectivity index is 2.47. The summed E-state index contributed by atoms with van der Waals surface area (Å²) in [6.07, 6.45) is -2.34. The number of hydrogen-bond donors (Lipinski definition) is 1. The molecular formula is C9H9Cl2F2N. The molecule has 1 N–H and O–H groups in total. The first-order chi connectivity index (χ1) is 6.59. The molecule has 0 unspecified atom stereocenters. The Kier molecular flexibility index (Phi) is 4.58. The average molecular weight is 240 g/mol. The molecule has 0 fully saturated rings. The number of alkyl halides is 2. The summed E-state index contributed by atoms with van der Waals surface area (Å²) in [4.78, 5) is 0. The van der Waals surface area contributed by atoms with Crippen LogP contribution in [0.25, 0.3) is 0 Å². The van der Waals surface area contributed by atoms with Crippen molar-refractivity contribution in [2.24, 2.45) is 0 Å². The zero-order chi connectivity index (χ0) is 10.6. The van der Waals surface area contributed by atoms with Crippen LogP contribution >= 0.6 is 23.2 Å². The van der Waals surface area contributed by atoms with Crippen molar-refractivity contribution >= 4 is 23.2 Å². The van der Waals surface area contributed by atoms with Gasteiger partial charge in [-0.3, -0.25) is 0 Å². The van der Waals surface area contributed by atoms with E-state index in [1.807, 2.05) is 0 Å². The zero-order valence-corrected chi connectivity index (χ0v) is 8.75. The topological polar surface area (TPSA) is 12.0 Å². The van der Waals surface area contributed by atoms with Gasteiger partial charge in [-0.1, -0.05) is 29.3 Å². The van der Waals surface area contributed by atoms with Crippen molar-refractivity contribution in [3.63, 3.8) is 0 Å². The summed E-state index contributed by atoms with van der Waals surface area (Å²) in [5.74, 6) is 0. The maximum Gasteiger partial charge on any atom is 0.250 e. The zero-order valence-electron chi connectivity index (χ0n) is 7.24. The van der Waals surface area contributed by atoms with E-state index in [0.717, 1.165) is 5.56 Å². The van der Waals surface area contributed by atoms with E-state index >= 15 is 0 Å². The molecule has 1 nitrogen and oxygen atoms in total. The number of halogens is 4. The van der Waals surface area contributed by atoms with Crippen molar-refractivity contribution in [2.45, 2.75) is 13.0 Å². The second-order valence-corrected chi connectivity index (χ2v) is 3.58. The Morgan fingerprint density at radius 1 is 1.21 bits per heavy atom. The van der Waals surface area contributed by atoms with Crippen LogP contribution < -0.4 is 5.32 Å². The molecule has 1 aromatic rings. The van der Waals surface area contributed by atoms with Crippen LogP contribution in [0.3, 0.4) is 0 Å². The predicted molar refractivity (Wildman–Crippen MR) is 54.2 cm³/mol. The summed E-state index contributed by atoms with van der Waals surface area (Å²) in [6.45, 7) is 0.0431. The van der Waals surface area contributed by atoms with E-state index in [-0.39, 0.29) is 6.54 Å². The normalized spacial score (nSPS) is 10.9. The first kappa shape index (κ1) is 11.7. The Morgan fingerprint density at radius 2 is 1.93 bits per heavy atom. The number of hydrogen-bond acceptors (Lipinski definition) is 1. The molecular weight excluding hydrogens is 231 g/mol. The van der Waals surface area contributed by atoms with E-state index in [4.69, 9.17) is 23.2 Å². The molecule has 0 bridgehead atoms.